The Labute approximate surface area is 95.8 Å². The Morgan fingerprint density at radius 2 is 2.06 bits per heavy atom. The highest BCUT2D eigenvalue weighted by Crippen LogP contribution is 2.26. The molecular weight excluding hydrogens is 202 g/mol. The van der Waals surface area contributed by atoms with Gasteiger partial charge in [-0.25, -0.2) is 0 Å². The van der Waals surface area contributed by atoms with Crippen LogP contribution in [0.1, 0.15) is 43.4 Å². The maximum absolute atomic E-state index is 12.0. The van der Waals surface area contributed by atoms with Gasteiger partial charge in [-0.1, -0.05) is 20.8 Å². The van der Waals surface area contributed by atoms with E-state index in [2.05, 4.69) is 25.8 Å². The Kier molecular flexibility index (Phi) is 2.45. The summed E-state index contributed by atoms with van der Waals surface area (Å²) in [4.78, 5) is 17.0. The van der Waals surface area contributed by atoms with Gasteiger partial charge in [0.1, 0.15) is 5.69 Å². The summed E-state index contributed by atoms with van der Waals surface area (Å²) in [5.74, 6) is 0.0271. The number of hydrogen-bond acceptors (Lipinski definition) is 2. The van der Waals surface area contributed by atoms with Gasteiger partial charge in [0, 0.05) is 24.2 Å². The molecule has 1 aliphatic heterocycles. The fourth-order valence-corrected chi connectivity index (χ4v) is 1.73. The van der Waals surface area contributed by atoms with E-state index in [0.29, 0.717) is 11.4 Å². The second-order valence-electron chi connectivity index (χ2n) is 5.41. The molecule has 0 unspecified atom stereocenters. The monoisotopic (exact) mass is 221 g/mol. The van der Waals surface area contributed by atoms with Crippen molar-refractivity contribution in [2.24, 2.45) is 0 Å². The summed E-state index contributed by atoms with van der Waals surface area (Å²) >= 11 is 0. The van der Waals surface area contributed by atoms with Gasteiger partial charge >= 0.3 is 0 Å². The van der Waals surface area contributed by atoms with E-state index in [1.807, 2.05) is 11.0 Å². The average Bonchev–Trinajstić information content (AvgIpc) is 2.42. The van der Waals surface area contributed by atoms with Crippen LogP contribution in [0.25, 0.3) is 0 Å². The third-order valence-corrected chi connectivity index (χ3v) is 3.01. The first-order chi connectivity index (χ1) is 7.39. The summed E-state index contributed by atoms with van der Waals surface area (Å²) in [5.41, 5.74) is 7.98. The maximum Gasteiger partial charge on any atom is 0.272 e. The lowest BCUT2D eigenvalue weighted by Gasteiger charge is -2.30. The lowest BCUT2D eigenvalue weighted by atomic mass is 9.92. The molecule has 0 radical (unpaired) electrons. The molecule has 1 saturated heterocycles. The van der Waals surface area contributed by atoms with Crippen molar-refractivity contribution in [1.29, 1.82) is 0 Å². The SMILES string of the molecule is CC(C)(C)c1cc(N)c(C(=O)N2CCC2)[nH]1. The molecule has 16 heavy (non-hydrogen) atoms. The molecule has 0 atom stereocenters. The van der Waals surface area contributed by atoms with Crippen molar-refractivity contribution in [2.75, 3.05) is 18.8 Å². The first kappa shape index (κ1) is 11.0. The van der Waals surface area contributed by atoms with Crippen molar-refractivity contribution in [3.05, 3.63) is 17.5 Å². The number of aromatic nitrogens is 1. The van der Waals surface area contributed by atoms with Crippen molar-refractivity contribution in [3.63, 3.8) is 0 Å². The fraction of sp³-hybridized carbons (Fsp3) is 0.583. The second kappa shape index (κ2) is 3.54. The molecule has 1 fully saturated rings. The quantitative estimate of drug-likeness (QED) is 0.758. The summed E-state index contributed by atoms with van der Waals surface area (Å²) in [6.07, 6.45) is 1.10. The number of H-pyrrole nitrogens is 1. The van der Waals surface area contributed by atoms with Crippen LogP contribution in [0.2, 0.25) is 0 Å². The van der Waals surface area contributed by atoms with Gasteiger partial charge in [-0.3, -0.25) is 4.79 Å². The van der Waals surface area contributed by atoms with Gasteiger partial charge in [-0.05, 0) is 12.5 Å². The van der Waals surface area contributed by atoms with Crippen LogP contribution in [0, 0.1) is 0 Å². The van der Waals surface area contributed by atoms with Crippen LogP contribution in [-0.2, 0) is 5.41 Å². The van der Waals surface area contributed by atoms with E-state index in [1.165, 1.54) is 0 Å². The third kappa shape index (κ3) is 1.79. The number of likely N-dealkylation sites (tertiary alicyclic amines) is 1. The second-order valence-corrected chi connectivity index (χ2v) is 5.41. The minimum Gasteiger partial charge on any atom is -0.397 e. The third-order valence-electron chi connectivity index (χ3n) is 3.01. The van der Waals surface area contributed by atoms with Gasteiger partial charge in [-0.2, -0.15) is 0 Å². The molecule has 3 N–H and O–H groups in total. The number of hydrogen-bond donors (Lipinski definition) is 2. The van der Waals surface area contributed by atoms with Gasteiger partial charge in [0.05, 0.1) is 5.69 Å². The normalized spacial score (nSPS) is 16.1. The largest absolute Gasteiger partial charge is 0.397 e. The van der Waals surface area contributed by atoms with Gasteiger partial charge in [0.15, 0.2) is 0 Å². The highest BCUT2D eigenvalue weighted by molar-refractivity contribution is 5.98. The Hall–Kier alpha value is -1.45. The number of nitrogens with two attached hydrogens (primary N) is 1. The molecule has 1 aromatic rings. The molecule has 1 aromatic heterocycles. The lowest BCUT2D eigenvalue weighted by Crippen LogP contribution is -2.42. The van der Waals surface area contributed by atoms with Crippen molar-refractivity contribution in [3.8, 4) is 0 Å². The van der Waals surface area contributed by atoms with Crippen LogP contribution < -0.4 is 5.73 Å². The van der Waals surface area contributed by atoms with Gasteiger partial charge in [0.25, 0.3) is 5.91 Å². The zero-order valence-electron chi connectivity index (χ0n) is 10.1. The molecule has 0 aliphatic carbocycles. The van der Waals surface area contributed by atoms with Crippen molar-refractivity contribution < 1.29 is 4.79 Å². The number of rotatable bonds is 1. The molecule has 0 saturated carbocycles. The molecule has 0 aromatic carbocycles. The number of carbonyl (C=O) groups is 1. The van der Waals surface area contributed by atoms with E-state index in [4.69, 9.17) is 5.73 Å². The van der Waals surface area contributed by atoms with E-state index >= 15 is 0 Å². The molecule has 1 amide bonds. The van der Waals surface area contributed by atoms with E-state index < -0.39 is 0 Å². The van der Waals surface area contributed by atoms with Crippen LogP contribution in [0.3, 0.4) is 0 Å². The van der Waals surface area contributed by atoms with Gasteiger partial charge < -0.3 is 15.6 Å². The summed E-state index contributed by atoms with van der Waals surface area (Å²) in [6.45, 7) is 7.98. The molecule has 0 bridgehead atoms. The van der Waals surface area contributed by atoms with Gasteiger partial charge in [0.2, 0.25) is 0 Å². The minimum absolute atomic E-state index is 0.0123. The summed E-state index contributed by atoms with van der Waals surface area (Å²) in [7, 11) is 0. The van der Waals surface area contributed by atoms with Crippen LogP contribution in [0.15, 0.2) is 6.07 Å². The standard InChI is InChI=1S/C12H19N3O/c1-12(2,3)9-7-8(13)10(14-9)11(16)15-5-4-6-15/h7,14H,4-6,13H2,1-3H3. The zero-order chi connectivity index (χ0) is 11.9. The van der Waals surface area contributed by atoms with E-state index in [0.717, 1.165) is 25.2 Å². The molecule has 4 heteroatoms. The highest BCUT2D eigenvalue weighted by Gasteiger charge is 2.26. The topological polar surface area (TPSA) is 62.1 Å². The Bertz CT molecular complexity index is 410. The number of anilines is 1. The Balaban J connectivity index is 2.27. The molecular formula is C12H19N3O. The number of carbonyl (C=O) groups excluding carboxylic acids is 1. The molecule has 2 rings (SSSR count). The number of amides is 1. The first-order valence-electron chi connectivity index (χ1n) is 5.68. The zero-order valence-corrected chi connectivity index (χ0v) is 10.1. The minimum atomic E-state index is -0.0123. The number of nitrogens with one attached hydrogen (secondary N) is 1. The predicted molar refractivity (Wildman–Crippen MR) is 64.4 cm³/mol. The lowest BCUT2D eigenvalue weighted by molar-refractivity contribution is 0.0647. The first-order valence-corrected chi connectivity index (χ1v) is 5.68. The molecule has 88 valence electrons. The molecule has 4 nitrogen and oxygen atoms in total. The van der Waals surface area contributed by atoms with Crippen LogP contribution in [-0.4, -0.2) is 28.9 Å². The van der Waals surface area contributed by atoms with Crippen LogP contribution >= 0.6 is 0 Å². The fourth-order valence-electron chi connectivity index (χ4n) is 1.73. The number of nitrogens with zero attached hydrogens (tertiary/aromatic N) is 1. The maximum atomic E-state index is 12.0. The van der Waals surface area contributed by atoms with Crippen LogP contribution in [0.5, 0.6) is 0 Å². The summed E-state index contributed by atoms with van der Waals surface area (Å²) < 4.78 is 0. The highest BCUT2D eigenvalue weighted by atomic mass is 16.2. The Morgan fingerprint density at radius 3 is 2.44 bits per heavy atom. The number of nitrogen functional groups attached to an aromatic ring is 1. The smallest absolute Gasteiger partial charge is 0.272 e. The summed E-state index contributed by atoms with van der Waals surface area (Å²) in [5, 5.41) is 0. The molecule has 0 spiro atoms. The predicted octanol–water partition coefficient (Wildman–Crippen LogP) is 1.74. The summed E-state index contributed by atoms with van der Waals surface area (Å²) in [6, 6.07) is 1.87. The van der Waals surface area contributed by atoms with Crippen molar-refractivity contribution >= 4 is 11.6 Å². The van der Waals surface area contributed by atoms with E-state index in [-0.39, 0.29) is 11.3 Å². The van der Waals surface area contributed by atoms with E-state index in [1.54, 1.807) is 0 Å². The Morgan fingerprint density at radius 1 is 1.44 bits per heavy atom. The molecule has 2 heterocycles. The van der Waals surface area contributed by atoms with Gasteiger partial charge in [-0.15, -0.1) is 0 Å². The van der Waals surface area contributed by atoms with Crippen molar-refractivity contribution in [2.45, 2.75) is 32.6 Å². The average molecular weight is 221 g/mol. The molecule has 1 aliphatic rings. The van der Waals surface area contributed by atoms with E-state index in [9.17, 15) is 4.79 Å². The van der Waals surface area contributed by atoms with Crippen molar-refractivity contribution in [1.82, 2.24) is 9.88 Å². The van der Waals surface area contributed by atoms with Crippen LogP contribution in [0.4, 0.5) is 5.69 Å². The number of aromatic amines is 1.